The molecule has 1 heterocycles. The third-order valence-electron chi connectivity index (χ3n) is 8.17. The summed E-state index contributed by atoms with van der Waals surface area (Å²) in [4.78, 5) is 31.3. The zero-order chi connectivity index (χ0) is 30.0. The molecule has 0 aliphatic carbocycles. The zero-order valence-corrected chi connectivity index (χ0v) is 26.4. The van der Waals surface area contributed by atoms with Crippen molar-refractivity contribution in [1.29, 1.82) is 0 Å². The third kappa shape index (κ3) is 9.14. The van der Waals surface area contributed by atoms with E-state index in [0.717, 1.165) is 23.1 Å². The van der Waals surface area contributed by atoms with Gasteiger partial charge in [0.25, 0.3) is 0 Å². The molecular weight excluding hydrogens is 534 g/mol. The van der Waals surface area contributed by atoms with E-state index in [1.54, 1.807) is 0 Å². The van der Waals surface area contributed by atoms with Crippen LogP contribution >= 0.6 is 0 Å². The van der Waals surface area contributed by atoms with Crippen LogP contribution in [0.1, 0.15) is 82.4 Å². The van der Waals surface area contributed by atoms with Crippen LogP contribution in [0.3, 0.4) is 0 Å². The fraction of sp³-hybridized carbons (Fsp3) is 0.576. The normalized spacial score (nSPS) is 15.3. The lowest BCUT2D eigenvalue weighted by atomic mass is 9.93. The number of aryl methyl sites for hydroxylation is 1. The first kappa shape index (κ1) is 32.8. The largest absolute Gasteiger partial charge is 0.342 e. The standard InChI is InChI=1S/C33H49N3O4S/c1-6-23-41(39,40)35(22-17-26(3)4)25-32(37)36(24-29-16-12-11-13-27(29)5)30-18-20-34(21-19-30)33(38)31(7-2)28-14-9-8-10-15-28/h8-16,26,30-31H,6-7,17-25H2,1-5H3/t31-/m0/s1. The minimum Gasteiger partial charge on any atom is -0.342 e. The molecule has 41 heavy (non-hydrogen) atoms. The predicted molar refractivity (Wildman–Crippen MR) is 166 cm³/mol. The topological polar surface area (TPSA) is 78.0 Å². The van der Waals surface area contributed by atoms with Gasteiger partial charge >= 0.3 is 0 Å². The van der Waals surface area contributed by atoms with Gasteiger partial charge in [0.2, 0.25) is 21.8 Å². The molecule has 0 radical (unpaired) electrons. The van der Waals surface area contributed by atoms with Crippen molar-refractivity contribution in [3.8, 4) is 0 Å². The molecule has 1 atom stereocenters. The molecule has 3 rings (SSSR count). The Balaban J connectivity index is 1.79. The lowest BCUT2D eigenvalue weighted by molar-refractivity contribution is -0.138. The van der Waals surface area contributed by atoms with Gasteiger partial charge in [0, 0.05) is 32.2 Å². The fourth-order valence-corrected chi connectivity index (χ4v) is 7.06. The summed E-state index contributed by atoms with van der Waals surface area (Å²) in [5, 5.41) is 0. The molecule has 7 nitrogen and oxygen atoms in total. The Kier molecular flexibility index (Phi) is 12.4. The number of hydrogen-bond donors (Lipinski definition) is 0. The number of carbonyl (C=O) groups excluding carboxylic acids is 2. The van der Waals surface area contributed by atoms with Crippen LogP contribution in [0.5, 0.6) is 0 Å². The second-order valence-electron chi connectivity index (χ2n) is 11.7. The van der Waals surface area contributed by atoms with Crippen LogP contribution in [0.15, 0.2) is 54.6 Å². The molecule has 0 spiro atoms. The molecule has 1 aliphatic rings. The average Bonchev–Trinajstić information content (AvgIpc) is 2.95. The molecular formula is C33H49N3O4S. The van der Waals surface area contributed by atoms with Gasteiger partial charge in [-0.1, -0.05) is 82.3 Å². The van der Waals surface area contributed by atoms with Gasteiger partial charge < -0.3 is 9.80 Å². The molecule has 8 heteroatoms. The summed E-state index contributed by atoms with van der Waals surface area (Å²) in [6.07, 6.45) is 3.29. The average molecular weight is 584 g/mol. The highest BCUT2D eigenvalue weighted by Gasteiger charge is 2.34. The van der Waals surface area contributed by atoms with Crippen LogP contribution in [-0.2, 0) is 26.2 Å². The van der Waals surface area contributed by atoms with Crippen LogP contribution in [-0.4, -0.2) is 72.3 Å². The van der Waals surface area contributed by atoms with Crippen molar-refractivity contribution in [3.05, 3.63) is 71.3 Å². The van der Waals surface area contributed by atoms with Gasteiger partial charge in [-0.25, -0.2) is 8.42 Å². The maximum atomic E-state index is 14.0. The Hall–Kier alpha value is -2.71. The van der Waals surface area contributed by atoms with E-state index >= 15 is 0 Å². The molecule has 1 saturated heterocycles. The molecule has 0 saturated carbocycles. The number of piperidine rings is 1. The molecule has 0 bridgehead atoms. The van der Waals surface area contributed by atoms with Crippen molar-refractivity contribution in [2.75, 3.05) is 31.9 Å². The predicted octanol–water partition coefficient (Wildman–Crippen LogP) is 5.60. The molecule has 1 aliphatic heterocycles. The van der Waals surface area contributed by atoms with Gasteiger partial charge in [-0.05, 0) is 61.6 Å². The highest BCUT2D eigenvalue weighted by Crippen LogP contribution is 2.27. The van der Waals surface area contributed by atoms with Crippen molar-refractivity contribution < 1.29 is 18.0 Å². The smallest absolute Gasteiger partial charge is 0.238 e. The van der Waals surface area contributed by atoms with E-state index in [1.807, 2.05) is 85.2 Å². The second kappa shape index (κ2) is 15.5. The molecule has 2 amide bonds. The summed E-state index contributed by atoms with van der Waals surface area (Å²) >= 11 is 0. The van der Waals surface area contributed by atoms with E-state index in [9.17, 15) is 18.0 Å². The van der Waals surface area contributed by atoms with Gasteiger partial charge in [-0.15, -0.1) is 0 Å². The van der Waals surface area contributed by atoms with E-state index in [1.165, 1.54) is 4.31 Å². The Morgan fingerprint density at radius 1 is 0.976 bits per heavy atom. The van der Waals surface area contributed by atoms with E-state index in [4.69, 9.17) is 0 Å². The molecule has 2 aromatic rings. The molecule has 226 valence electrons. The number of likely N-dealkylation sites (tertiary alicyclic amines) is 1. The lowest BCUT2D eigenvalue weighted by Crippen LogP contribution is -2.52. The minimum absolute atomic E-state index is 0.0384. The van der Waals surface area contributed by atoms with Crippen molar-refractivity contribution in [3.63, 3.8) is 0 Å². The van der Waals surface area contributed by atoms with Crippen LogP contribution in [0, 0.1) is 12.8 Å². The molecule has 0 unspecified atom stereocenters. The molecule has 0 N–H and O–H groups in total. The number of benzene rings is 2. The Morgan fingerprint density at radius 2 is 1.61 bits per heavy atom. The zero-order valence-electron chi connectivity index (χ0n) is 25.6. The van der Waals surface area contributed by atoms with Crippen LogP contribution in [0.2, 0.25) is 0 Å². The van der Waals surface area contributed by atoms with E-state index in [0.29, 0.717) is 57.8 Å². The van der Waals surface area contributed by atoms with Gasteiger partial charge in [0.1, 0.15) is 0 Å². The molecule has 1 fully saturated rings. The maximum absolute atomic E-state index is 14.0. The summed E-state index contributed by atoms with van der Waals surface area (Å²) < 4.78 is 27.7. The fourth-order valence-electron chi connectivity index (χ4n) is 5.60. The van der Waals surface area contributed by atoms with Gasteiger partial charge in [-0.2, -0.15) is 4.31 Å². The number of amides is 2. The van der Waals surface area contributed by atoms with Crippen molar-refractivity contribution in [2.24, 2.45) is 5.92 Å². The lowest BCUT2D eigenvalue weighted by Gasteiger charge is -2.40. The maximum Gasteiger partial charge on any atom is 0.238 e. The Bertz CT molecular complexity index is 1220. The summed E-state index contributed by atoms with van der Waals surface area (Å²) in [5.41, 5.74) is 3.19. The minimum atomic E-state index is -3.53. The second-order valence-corrected chi connectivity index (χ2v) is 13.8. The third-order valence-corrected chi connectivity index (χ3v) is 10.2. The van der Waals surface area contributed by atoms with Crippen LogP contribution < -0.4 is 0 Å². The Morgan fingerprint density at radius 3 is 2.20 bits per heavy atom. The van der Waals surface area contributed by atoms with E-state index in [-0.39, 0.29) is 36.1 Å². The van der Waals surface area contributed by atoms with Crippen molar-refractivity contribution in [2.45, 2.75) is 85.2 Å². The number of hydrogen-bond acceptors (Lipinski definition) is 4. The number of carbonyl (C=O) groups is 2. The first-order chi connectivity index (χ1) is 19.6. The molecule has 2 aromatic carbocycles. The van der Waals surface area contributed by atoms with Crippen LogP contribution in [0.25, 0.3) is 0 Å². The van der Waals surface area contributed by atoms with Gasteiger partial charge in [0.05, 0.1) is 18.2 Å². The van der Waals surface area contributed by atoms with Gasteiger partial charge in [-0.3, -0.25) is 9.59 Å². The summed E-state index contributed by atoms with van der Waals surface area (Å²) in [6, 6.07) is 17.9. The number of sulfonamides is 1. The summed E-state index contributed by atoms with van der Waals surface area (Å²) in [5.74, 6) is 0.168. The summed E-state index contributed by atoms with van der Waals surface area (Å²) in [6.45, 7) is 11.8. The highest BCUT2D eigenvalue weighted by atomic mass is 32.2. The van der Waals surface area contributed by atoms with Crippen LogP contribution in [0.4, 0.5) is 0 Å². The summed E-state index contributed by atoms with van der Waals surface area (Å²) in [7, 11) is -3.53. The van der Waals surface area contributed by atoms with E-state index < -0.39 is 10.0 Å². The van der Waals surface area contributed by atoms with Crippen molar-refractivity contribution >= 4 is 21.8 Å². The molecule has 0 aromatic heterocycles. The number of rotatable bonds is 14. The van der Waals surface area contributed by atoms with E-state index in [2.05, 4.69) is 13.8 Å². The first-order valence-corrected chi connectivity index (χ1v) is 16.8. The quantitative estimate of drug-likeness (QED) is 0.290. The number of nitrogens with zero attached hydrogens (tertiary/aromatic N) is 3. The highest BCUT2D eigenvalue weighted by molar-refractivity contribution is 7.89. The van der Waals surface area contributed by atoms with Crippen molar-refractivity contribution in [1.82, 2.24) is 14.1 Å². The SMILES string of the molecule is CCCS(=O)(=O)N(CCC(C)C)CC(=O)N(Cc1ccccc1C)C1CCN(C(=O)[C@@H](CC)c2ccccc2)CC1. The van der Waals surface area contributed by atoms with Gasteiger partial charge in [0.15, 0.2) is 0 Å². The first-order valence-electron chi connectivity index (χ1n) is 15.2. The Labute approximate surface area is 248 Å². The monoisotopic (exact) mass is 583 g/mol.